The standard InChI is InChI=1S/C10H14ClN3O2S/c1-6(11)9(15)12-3-4-13-10(16)8-7(2)14-5-17-8/h5-6H,3-4H2,1-2H3,(H,12,15)(H,13,16). The summed E-state index contributed by atoms with van der Waals surface area (Å²) in [5.74, 6) is -0.409. The lowest BCUT2D eigenvalue weighted by molar-refractivity contribution is -0.120. The van der Waals surface area contributed by atoms with Gasteiger partial charge in [-0.25, -0.2) is 4.98 Å². The number of rotatable bonds is 5. The third-order valence-electron chi connectivity index (χ3n) is 2.02. The molecular weight excluding hydrogens is 262 g/mol. The summed E-state index contributed by atoms with van der Waals surface area (Å²) in [5.41, 5.74) is 2.34. The van der Waals surface area contributed by atoms with Gasteiger partial charge < -0.3 is 10.6 Å². The smallest absolute Gasteiger partial charge is 0.263 e. The first-order valence-electron chi connectivity index (χ1n) is 5.12. The van der Waals surface area contributed by atoms with Crippen LogP contribution in [0.2, 0.25) is 0 Å². The molecule has 2 amide bonds. The maximum absolute atomic E-state index is 11.6. The third-order valence-corrected chi connectivity index (χ3v) is 3.15. The Kier molecular flexibility index (Phi) is 5.37. The van der Waals surface area contributed by atoms with Gasteiger partial charge in [0.05, 0.1) is 11.2 Å². The molecule has 17 heavy (non-hydrogen) atoms. The van der Waals surface area contributed by atoms with Crippen molar-refractivity contribution < 1.29 is 9.59 Å². The van der Waals surface area contributed by atoms with E-state index in [1.165, 1.54) is 11.3 Å². The first-order valence-corrected chi connectivity index (χ1v) is 6.44. The molecule has 0 aliphatic rings. The number of aromatic nitrogens is 1. The van der Waals surface area contributed by atoms with Crippen LogP contribution >= 0.6 is 22.9 Å². The lowest BCUT2D eigenvalue weighted by Gasteiger charge is -2.07. The summed E-state index contributed by atoms with van der Waals surface area (Å²) in [6.07, 6.45) is 0. The fraction of sp³-hybridized carbons (Fsp3) is 0.500. The zero-order valence-electron chi connectivity index (χ0n) is 9.62. The Labute approximate surface area is 109 Å². The highest BCUT2D eigenvalue weighted by Crippen LogP contribution is 2.10. The van der Waals surface area contributed by atoms with E-state index in [1.807, 2.05) is 0 Å². The lowest BCUT2D eigenvalue weighted by atomic mass is 10.3. The molecule has 5 nitrogen and oxygen atoms in total. The first-order chi connectivity index (χ1) is 8.02. The number of carbonyl (C=O) groups excluding carboxylic acids is 2. The molecule has 0 aromatic carbocycles. The number of nitrogens with one attached hydrogen (secondary N) is 2. The van der Waals surface area contributed by atoms with Crippen LogP contribution < -0.4 is 10.6 Å². The van der Waals surface area contributed by atoms with Gasteiger partial charge in [-0.1, -0.05) is 0 Å². The highest BCUT2D eigenvalue weighted by molar-refractivity contribution is 7.11. The van der Waals surface area contributed by atoms with Crippen molar-refractivity contribution in [3.63, 3.8) is 0 Å². The molecule has 7 heteroatoms. The second-order valence-electron chi connectivity index (χ2n) is 3.43. The molecule has 0 aliphatic heterocycles. The summed E-state index contributed by atoms with van der Waals surface area (Å²) in [7, 11) is 0. The topological polar surface area (TPSA) is 71.1 Å². The molecule has 0 fully saturated rings. The van der Waals surface area contributed by atoms with E-state index in [-0.39, 0.29) is 11.8 Å². The van der Waals surface area contributed by atoms with Gasteiger partial charge in [0.1, 0.15) is 10.3 Å². The minimum absolute atomic E-state index is 0.168. The minimum Gasteiger partial charge on any atom is -0.353 e. The van der Waals surface area contributed by atoms with E-state index in [2.05, 4.69) is 15.6 Å². The Bertz CT molecular complexity index is 406. The Morgan fingerprint density at radius 1 is 1.47 bits per heavy atom. The number of aryl methyl sites for hydroxylation is 1. The van der Waals surface area contributed by atoms with E-state index in [9.17, 15) is 9.59 Å². The van der Waals surface area contributed by atoms with Crippen LogP contribution in [0.15, 0.2) is 5.51 Å². The van der Waals surface area contributed by atoms with Crippen LogP contribution in [0.25, 0.3) is 0 Å². The number of carbonyl (C=O) groups is 2. The minimum atomic E-state index is -0.561. The van der Waals surface area contributed by atoms with Gasteiger partial charge in [0, 0.05) is 13.1 Å². The first kappa shape index (κ1) is 13.9. The summed E-state index contributed by atoms with van der Waals surface area (Å²) in [5, 5.41) is 4.73. The summed E-state index contributed by atoms with van der Waals surface area (Å²) in [6.45, 7) is 4.10. The van der Waals surface area contributed by atoms with Crippen molar-refractivity contribution in [1.29, 1.82) is 0 Å². The highest BCUT2D eigenvalue weighted by atomic mass is 35.5. The summed E-state index contributed by atoms with van der Waals surface area (Å²) < 4.78 is 0. The Balaban J connectivity index is 2.26. The molecule has 0 bridgehead atoms. The van der Waals surface area contributed by atoms with Crippen molar-refractivity contribution >= 4 is 34.8 Å². The van der Waals surface area contributed by atoms with Gasteiger partial charge in [-0.05, 0) is 13.8 Å². The Hall–Kier alpha value is -1.14. The molecule has 0 spiro atoms. The van der Waals surface area contributed by atoms with Gasteiger partial charge >= 0.3 is 0 Å². The van der Waals surface area contributed by atoms with E-state index in [1.54, 1.807) is 19.4 Å². The Morgan fingerprint density at radius 2 is 2.12 bits per heavy atom. The van der Waals surface area contributed by atoms with Gasteiger partial charge in [0.25, 0.3) is 5.91 Å². The summed E-state index contributed by atoms with van der Waals surface area (Å²) >= 11 is 6.86. The molecule has 2 N–H and O–H groups in total. The van der Waals surface area contributed by atoms with Crippen LogP contribution in [0, 0.1) is 6.92 Å². The fourth-order valence-corrected chi connectivity index (χ4v) is 1.90. The normalized spacial score (nSPS) is 11.9. The van der Waals surface area contributed by atoms with Crippen molar-refractivity contribution in [3.8, 4) is 0 Å². The van der Waals surface area contributed by atoms with Crippen LogP contribution in [0.4, 0.5) is 0 Å². The van der Waals surface area contributed by atoms with Crippen LogP contribution in [0.3, 0.4) is 0 Å². The van der Waals surface area contributed by atoms with E-state index >= 15 is 0 Å². The van der Waals surface area contributed by atoms with Crippen molar-refractivity contribution in [3.05, 3.63) is 16.1 Å². The number of hydrogen-bond acceptors (Lipinski definition) is 4. The molecule has 94 valence electrons. The molecule has 0 saturated heterocycles. The van der Waals surface area contributed by atoms with Crippen LogP contribution in [0.5, 0.6) is 0 Å². The van der Waals surface area contributed by atoms with Gasteiger partial charge in [0.15, 0.2) is 0 Å². The lowest BCUT2D eigenvalue weighted by Crippen LogP contribution is -2.37. The molecule has 0 aliphatic carbocycles. The third kappa shape index (κ3) is 4.32. The summed E-state index contributed by atoms with van der Waals surface area (Å²) in [4.78, 5) is 27.3. The average molecular weight is 276 g/mol. The number of hydrogen-bond donors (Lipinski definition) is 2. The number of amides is 2. The van der Waals surface area contributed by atoms with Crippen LogP contribution in [-0.2, 0) is 4.79 Å². The van der Waals surface area contributed by atoms with Crippen molar-refractivity contribution in [2.75, 3.05) is 13.1 Å². The van der Waals surface area contributed by atoms with Gasteiger partial charge in [-0.2, -0.15) is 0 Å². The number of thiazole rings is 1. The largest absolute Gasteiger partial charge is 0.353 e. The molecule has 1 heterocycles. The highest BCUT2D eigenvalue weighted by Gasteiger charge is 2.11. The molecular formula is C10H14ClN3O2S. The quantitative estimate of drug-likeness (QED) is 0.620. The van der Waals surface area contributed by atoms with Crippen LogP contribution in [-0.4, -0.2) is 35.3 Å². The zero-order chi connectivity index (χ0) is 12.8. The monoisotopic (exact) mass is 275 g/mol. The number of nitrogens with zero attached hydrogens (tertiary/aromatic N) is 1. The van der Waals surface area contributed by atoms with Gasteiger partial charge in [-0.3, -0.25) is 9.59 Å². The van der Waals surface area contributed by atoms with E-state index in [4.69, 9.17) is 11.6 Å². The van der Waals surface area contributed by atoms with Crippen molar-refractivity contribution in [2.45, 2.75) is 19.2 Å². The zero-order valence-corrected chi connectivity index (χ0v) is 11.2. The second-order valence-corrected chi connectivity index (χ2v) is 4.94. The summed E-state index contributed by atoms with van der Waals surface area (Å²) in [6, 6.07) is 0. The molecule has 1 atom stereocenters. The molecule has 0 radical (unpaired) electrons. The second kappa shape index (κ2) is 6.56. The molecule has 0 saturated carbocycles. The maximum Gasteiger partial charge on any atom is 0.263 e. The van der Waals surface area contributed by atoms with Gasteiger partial charge in [0.2, 0.25) is 5.91 Å². The molecule has 1 aromatic heterocycles. The Morgan fingerprint density at radius 3 is 2.65 bits per heavy atom. The number of alkyl halides is 1. The van der Waals surface area contributed by atoms with Crippen LogP contribution in [0.1, 0.15) is 22.3 Å². The molecule has 1 aromatic rings. The van der Waals surface area contributed by atoms with E-state index in [0.717, 1.165) is 0 Å². The fourth-order valence-electron chi connectivity index (χ4n) is 1.10. The molecule has 1 unspecified atom stereocenters. The number of halogens is 1. The SMILES string of the molecule is Cc1ncsc1C(=O)NCCNC(=O)C(C)Cl. The van der Waals surface area contributed by atoms with E-state index in [0.29, 0.717) is 23.7 Å². The van der Waals surface area contributed by atoms with E-state index < -0.39 is 5.38 Å². The van der Waals surface area contributed by atoms with Gasteiger partial charge in [-0.15, -0.1) is 22.9 Å². The van der Waals surface area contributed by atoms with Crippen molar-refractivity contribution in [2.24, 2.45) is 0 Å². The predicted molar refractivity (Wildman–Crippen MR) is 67.5 cm³/mol. The maximum atomic E-state index is 11.6. The molecule has 1 rings (SSSR count). The predicted octanol–water partition coefficient (Wildman–Crippen LogP) is 0.925. The average Bonchev–Trinajstić information content (AvgIpc) is 2.70. The van der Waals surface area contributed by atoms with Crippen molar-refractivity contribution in [1.82, 2.24) is 15.6 Å².